The van der Waals surface area contributed by atoms with Gasteiger partial charge in [0.25, 0.3) is 11.8 Å². The second-order valence-corrected chi connectivity index (χ2v) is 7.39. The van der Waals surface area contributed by atoms with Gasteiger partial charge in [0.1, 0.15) is 23.7 Å². The topological polar surface area (TPSA) is 84.9 Å². The van der Waals surface area contributed by atoms with Crippen molar-refractivity contribution in [2.45, 2.75) is 13.3 Å². The van der Waals surface area contributed by atoms with E-state index in [1.807, 2.05) is 6.92 Å². The smallest absolute Gasteiger partial charge is 0.335 e. The first-order valence-corrected chi connectivity index (χ1v) is 10.2. The number of carbonyl (C=O) groups excluding carboxylic acids is 3. The number of benzene rings is 2. The zero-order valence-electron chi connectivity index (χ0n) is 16.7. The molecule has 1 heterocycles. The number of hydrogen-bond donors (Lipinski definition) is 1. The van der Waals surface area contributed by atoms with Crippen LogP contribution in [0.15, 0.2) is 52.5 Å². The van der Waals surface area contributed by atoms with Crippen molar-refractivity contribution < 1.29 is 23.9 Å². The van der Waals surface area contributed by atoms with Crippen molar-refractivity contribution in [3.05, 3.63) is 58.1 Å². The minimum absolute atomic E-state index is 0.0228. The Labute approximate surface area is 188 Å². The van der Waals surface area contributed by atoms with Gasteiger partial charge in [-0.05, 0) is 55.0 Å². The Morgan fingerprint density at radius 3 is 2.55 bits per heavy atom. The van der Waals surface area contributed by atoms with Crippen LogP contribution in [0, 0.1) is 12.3 Å². The van der Waals surface area contributed by atoms with Crippen molar-refractivity contribution in [1.82, 2.24) is 5.32 Å². The number of imide groups is 2. The minimum Gasteiger partial charge on any atom is -0.494 e. The number of nitrogens with one attached hydrogen (secondary N) is 1. The Bertz CT molecular complexity index is 1090. The van der Waals surface area contributed by atoms with Crippen LogP contribution in [-0.2, 0) is 9.59 Å². The van der Waals surface area contributed by atoms with Gasteiger partial charge >= 0.3 is 6.03 Å². The quantitative estimate of drug-likeness (QED) is 0.367. The molecule has 1 aliphatic rings. The molecule has 8 heteroatoms. The van der Waals surface area contributed by atoms with Crippen LogP contribution in [0.1, 0.15) is 18.9 Å². The third kappa shape index (κ3) is 5.13. The highest BCUT2D eigenvalue weighted by Gasteiger charge is 2.37. The second-order valence-electron chi connectivity index (χ2n) is 6.48. The fraction of sp³-hybridized carbons (Fsp3) is 0.174. The third-order valence-corrected chi connectivity index (χ3v) is 4.75. The molecule has 158 valence electrons. The number of nitrogens with zero attached hydrogens (tertiary/aromatic N) is 1. The van der Waals surface area contributed by atoms with Crippen LogP contribution in [-0.4, -0.2) is 31.1 Å². The number of anilines is 1. The summed E-state index contributed by atoms with van der Waals surface area (Å²) in [7, 11) is 0. The van der Waals surface area contributed by atoms with Gasteiger partial charge in [0.2, 0.25) is 0 Å². The highest BCUT2D eigenvalue weighted by atomic mass is 79.9. The molecular formula is C23H19BrN2O5. The highest BCUT2D eigenvalue weighted by molar-refractivity contribution is 9.10. The maximum Gasteiger partial charge on any atom is 0.335 e. The van der Waals surface area contributed by atoms with E-state index < -0.39 is 17.8 Å². The van der Waals surface area contributed by atoms with E-state index >= 15 is 0 Å². The molecule has 0 atom stereocenters. The van der Waals surface area contributed by atoms with Gasteiger partial charge in [0, 0.05) is 10.0 Å². The van der Waals surface area contributed by atoms with Crippen molar-refractivity contribution in [3.63, 3.8) is 0 Å². The number of terminal acetylenes is 1. The van der Waals surface area contributed by atoms with Gasteiger partial charge < -0.3 is 9.47 Å². The molecule has 1 aliphatic heterocycles. The molecule has 0 spiro atoms. The van der Waals surface area contributed by atoms with Gasteiger partial charge in [0.15, 0.2) is 0 Å². The van der Waals surface area contributed by atoms with Gasteiger partial charge in [0.05, 0.1) is 12.3 Å². The second kappa shape index (κ2) is 9.96. The summed E-state index contributed by atoms with van der Waals surface area (Å²) in [6, 6.07) is 10.7. The van der Waals surface area contributed by atoms with Crippen LogP contribution in [0.2, 0.25) is 0 Å². The van der Waals surface area contributed by atoms with Crippen molar-refractivity contribution in [1.29, 1.82) is 0 Å². The maximum atomic E-state index is 13.1. The molecule has 7 nitrogen and oxygen atoms in total. The SMILES string of the molecule is C#CCOc1ccc(Br)cc1/C=C1/C(=O)NC(=O)N(c2ccc(OCCC)cc2)C1=O. The van der Waals surface area contributed by atoms with E-state index in [1.54, 1.807) is 42.5 Å². The number of halogens is 1. The number of amides is 4. The first-order chi connectivity index (χ1) is 14.9. The Hall–Kier alpha value is -3.57. The average Bonchev–Trinajstić information content (AvgIpc) is 2.75. The van der Waals surface area contributed by atoms with E-state index in [1.165, 1.54) is 6.08 Å². The highest BCUT2D eigenvalue weighted by Crippen LogP contribution is 2.28. The lowest BCUT2D eigenvalue weighted by molar-refractivity contribution is -0.122. The van der Waals surface area contributed by atoms with E-state index in [2.05, 4.69) is 27.2 Å². The fourth-order valence-corrected chi connectivity index (χ4v) is 3.22. The van der Waals surface area contributed by atoms with E-state index in [9.17, 15) is 14.4 Å². The molecule has 1 saturated heterocycles. The first-order valence-electron chi connectivity index (χ1n) is 9.44. The van der Waals surface area contributed by atoms with Gasteiger partial charge in [-0.3, -0.25) is 14.9 Å². The molecule has 1 fully saturated rings. The molecule has 0 unspecified atom stereocenters. The summed E-state index contributed by atoms with van der Waals surface area (Å²) in [5.41, 5.74) is 0.554. The molecule has 3 rings (SSSR count). The van der Waals surface area contributed by atoms with Crippen LogP contribution in [0.4, 0.5) is 10.5 Å². The zero-order chi connectivity index (χ0) is 22.4. The molecule has 0 saturated carbocycles. The monoisotopic (exact) mass is 482 g/mol. The van der Waals surface area contributed by atoms with E-state index in [0.717, 1.165) is 11.3 Å². The van der Waals surface area contributed by atoms with Crippen LogP contribution < -0.4 is 19.7 Å². The Morgan fingerprint density at radius 2 is 1.87 bits per heavy atom. The number of rotatable bonds is 7. The molecule has 31 heavy (non-hydrogen) atoms. The molecule has 0 aromatic heterocycles. The normalized spacial score (nSPS) is 14.9. The predicted molar refractivity (Wildman–Crippen MR) is 120 cm³/mol. The Kier molecular flexibility index (Phi) is 7.11. The molecule has 0 bridgehead atoms. The summed E-state index contributed by atoms with van der Waals surface area (Å²) < 4.78 is 11.7. The molecule has 2 aromatic carbocycles. The number of barbiturate groups is 1. The number of hydrogen-bond acceptors (Lipinski definition) is 5. The lowest BCUT2D eigenvalue weighted by Gasteiger charge is -2.26. The van der Waals surface area contributed by atoms with E-state index in [0.29, 0.717) is 33.8 Å². The Balaban J connectivity index is 1.95. The summed E-state index contributed by atoms with van der Waals surface area (Å²) in [6.07, 6.45) is 7.47. The van der Waals surface area contributed by atoms with Gasteiger partial charge in [-0.2, -0.15) is 0 Å². The van der Waals surface area contributed by atoms with Crippen LogP contribution in [0.3, 0.4) is 0 Å². The van der Waals surface area contributed by atoms with Crippen molar-refractivity contribution in [3.8, 4) is 23.8 Å². The summed E-state index contributed by atoms with van der Waals surface area (Å²) >= 11 is 3.36. The lowest BCUT2D eigenvalue weighted by atomic mass is 10.1. The van der Waals surface area contributed by atoms with E-state index in [-0.39, 0.29) is 12.2 Å². The molecule has 0 radical (unpaired) electrons. The number of urea groups is 1. The molecule has 2 aromatic rings. The fourth-order valence-electron chi connectivity index (χ4n) is 2.84. The van der Waals surface area contributed by atoms with Crippen molar-refractivity contribution >= 4 is 45.5 Å². The standard InChI is InChI=1S/C23H19BrN2O5/c1-3-11-30-18-8-6-17(7-9-18)26-22(28)19(21(27)25-23(26)29)14-15-13-16(24)5-10-20(15)31-12-4-2/h2,5-10,13-14H,3,11-12H2,1H3,(H,25,27,29)/b19-14-. The van der Waals surface area contributed by atoms with Gasteiger partial charge in [-0.15, -0.1) is 6.42 Å². The van der Waals surface area contributed by atoms with E-state index in [4.69, 9.17) is 15.9 Å². The molecular weight excluding hydrogens is 464 g/mol. The largest absolute Gasteiger partial charge is 0.494 e. The first kappa shape index (κ1) is 22.1. The predicted octanol–water partition coefficient (Wildman–Crippen LogP) is 3.92. The molecule has 0 aliphatic carbocycles. The van der Waals surface area contributed by atoms with Crippen molar-refractivity contribution in [2.75, 3.05) is 18.1 Å². The number of carbonyl (C=O) groups is 3. The lowest BCUT2D eigenvalue weighted by Crippen LogP contribution is -2.54. The number of ether oxygens (including phenoxy) is 2. The van der Waals surface area contributed by atoms with Crippen molar-refractivity contribution in [2.24, 2.45) is 0 Å². The zero-order valence-corrected chi connectivity index (χ0v) is 18.3. The summed E-state index contributed by atoms with van der Waals surface area (Å²) in [5.74, 6) is 1.84. The molecule has 4 amide bonds. The minimum atomic E-state index is -0.826. The summed E-state index contributed by atoms with van der Waals surface area (Å²) in [4.78, 5) is 38.8. The maximum absolute atomic E-state index is 13.1. The third-order valence-electron chi connectivity index (χ3n) is 4.25. The summed E-state index contributed by atoms with van der Waals surface area (Å²) in [5, 5.41) is 2.20. The van der Waals surface area contributed by atoms with Crippen LogP contribution in [0.5, 0.6) is 11.5 Å². The summed E-state index contributed by atoms with van der Waals surface area (Å²) in [6.45, 7) is 2.57. The van der Waals surface area contributed by atoms with Gasteiger partial charge in [-0.1, -0.05) is 28.8 Å². The van der Waals surface area contributed by atoms with Crippen LogP contribution >= 0.6 is 15.9 Å². The average molecular weight is 483 g/mol. The Morgan fingerprint density at radius 1 is 1.13 bits per heavy atom. The molecule has 1 N–H and O–H groups in total. The van der Waals surface area contributed by atoms with Gasteiger partial charge in [-0.25, -0.2) is 9.69 Å². The van der Waals surface area contributed by atoms with Crippen LogP contribution in [0.25, 0.3) is 6.08 Å².